The van der Waals surface area contributed by atoms with Crippen LogP contribution in [0.25, 0.3) is 0 Å². The van der Waals surface area contributed by atoms with E-state index in [4.69, 9.17) is 4.42 Å². The van der Waals surface area contributed by atoms with E-state index in [9.17, 15) is 4.79 Å². The van der Waals surface area contributed by atoms with Gasteiger partial charge in [0.05, 0.1) is 12.9 Å². The second kappa shape index (κ2) is 5.96. The van der Waals surface area contributed by atoms with E-state index in [0.29, 0.717) is 24.3 Å². The maximum atomic E-state index is 12.6. The summed E-state index contributed by atoms with van der Waals surface area (Å²) in [6.07, 6.45) is 5.32. The molecule has 6 nitrogen and oxygen atoms in total. The van der Waals surface area contributed by atoms with Crippen molar-refractivity contribution in [3.8, 4) is 0 Å². The molecule has 6 heteroatoms. The highest BCUT2D eigenvalue weighted by atomic mass is 16.4. The topological polar surface area (TPSA) is 54.5 Å². The Balaban J connectivity index is 1.67. The lowest BCUT2D eigenvalue weighted by atomic mass is 10.1. The molecule has 0 bridgehead atoms. The number of hydrogen-bond acceptors (Lipinski definition) is 4. The Morgan fingerprint density at radius 2 is 2.23 bits per heavy atom. The first-order chi connectivity index (χ1) is 10.5. The largest absolute Gasteiger partial charge is 0.454 e. The number of carbonyl (C=O) groups is 1. The van der Waals surface area contributed by atoms with Crippen LogP contribution in [-0.4, -0.2) is 58.5 Å². The SMILES string of the molecule is CC1CN(C(=O)c2ccc(Cn3ccnc3)o2)CC1N(C)C. The van der Waals surface area contributed by atoms with Gasteiger partial charge in [-0.05, 0) is 32.1 Å². The minimum absolute atomic E-state index is 0.0203. The zero-order chi connectivity index (χ0) is 15.7. The lowest BCUT2D eigenvalue weighted by molar-refractivity contribution is 0.0747. The van der Waals surface area contributed by atoms with Crippen molar-refractivity contribution in [2.45, 2.75) is 19.5 Å². The number of carbonyl (C=O) groups excluding carboxylic acids is 1. The normalized spacial score (nSPS) is 21.7. The molecule has 22 heavy (non-hydrogen) atoms. The van der Waals surface area contributed by atoms with Crippen molar-refractivity contribution in [2.24, 2.45) is 5.92 Å². The number of imidazole rings is 1. The van der Waals surface area contributed by atoms with Crippen LogP contribution in [0.15, 0.2) is 35.3 Å². The van der Waals surface area contributed by atoms with Crippen LogP contribution >= 0.6 is 0 Å². The third-order valence-corrected chi connectivity index (χ3v) is 4.29. The quantitative estimate of drug-likeness (QED) is 0.860. The molecule has 3 heterocycles. The fourth-order valence-electron chi connectivity index (χ4n) is 3.08. The van der Waals surface area contributed by atoms with Crippen molar-refractivity contribution >= 4 is 5.91 Å². The number of hydrogen-bond donors (Lipinski definition) is 0. The fourth-order valence-corrected chi connectivity index (χ4v) is 3.08. The molecule has 1 aliphatic heterocycles. The van der Waals surface area contributed by atoms with Crippen LogP contribution in [0, 0.1) is 5.92 Å². The van der Waals surface area contributed by atoms with Gasteiger partial charge in [-0.25, -0.2) is 4.98 Å². The molecule has 0 saturated carbocycles. The minimum Gasteiger partial charge on any atom is -0.454 e. The standard InChI is InChI=1S/C16H22N4O2/c1-12-8-20(10-14(12)18(2)3)16(21)15-5-4-13(22-15)9-19-7-6-17-11-19/h4-7,11-12,14H,8-10H2,1-3H3. The Morgan fingerprint density at radius 1 is 1.41 bits per heavy atom. The monoisotopic (exact) mass is 302 g/mol. The number of nitrogens with zero attached hydrogens (tertiary/aromatic N) is 4. The Kier molecular flexibility index (Phi) is 4.02. The highest BCUT2D eigenvalue weighted by Gasteiger charge is 2.34. The molecular weight excluding hydrogens is 280 g/mol. The Morgan fingerprint density at radius 3 is 2.86 bits per heavy atom. The van der Waals surface area contributed by atoms with Gasteiger partial charge in [-0.15, -0.1) is 0 Å². The van der Waals surface area contributed by atoms with Crippen LogP contribution in [0.2, 0.25) is 0 Å². The Bertz CT molecular complexity index is 632. The van der Waals surface area contributed by atoms with Crippen LogP contribution in [-0.2, 0) is 6.54 Å². The van der Waals surface area contributed by atoms with Gasteiger partial charge in [0, 0.05) is 31.5 Å². The zero-order valence-corrected chi connectivity index (χ0v) is 13.3. The fraction of sp³-hybridized carbons (Fsp3) is 0.500. The third-order valence-electron chi connectivity index (χ3n) is 4.29. The second-order valence-corrected chi connectivity index (χ2v) is 6.22. The molecule has 0 spiro atoms. The molecule has 2 aromatic rings. The molecular formula is C16H22N4O2. The van der Waals surface area contributed by atoms with E-state index < -0.39 is 0 Å². The summed E-state index contributed by atoms with van der Waals surface area (Å²) in [5.74, 6) is 1.63. The highest BCUT2D eigenvalue weighted by Crippen LogP contribution is 2.22. The van der Waals surface area contributed by atoms with Gasteiger partial charge in [-0.3, -0.25) is 4.79 Å². The summed E-state index contributed by atoms with van der Waals surface area (Å²) in [5, 5.41) is 0. The van der Waals surface area contributed by atoms with Gasteiger partial charge in [0.25, 0.3) is 5.91 Å². The van der Waals surface area contributed by atoms with E-state index in [1.54, 1.807) is 18.6 Å². The number of furan rings is 1. The molecule has 2 aromatic heterocycles. The van der Waals surface area contributed by atoms with E-state index in [-0.39, 0.29) is 5.91 Å². The molecule has 0 N–H and O–H groups in total. The highest BCUT2D eigenvalue weighted by molar-refractivity contribution is 5.91. The zero-order valence-electron chi connectivity index (χ0n) is 13.3. The molecule has 1 fully saturated rings. The molecule has 1 aliphatic rings. The van der Waals surface area contributed by atoms with Crippen molar-refractivity contribution in [3.63, 3.8) is 0 Å². The molecule has 2 atom stereocenters. The smallest absolute Gasteiger partial charge is 0.289 e. The molecule has 0 aliphatic carbocycles. The average molecular weight is 302 g/mol. The number of aromatic nitrogens is 2. The molecule has 3 rings (SSSR count). The third kappa shape index (κ3) is 2.92. The van der Waals surface area contributed by atoms with Crippen LogP contribution in [0.1, 0.15) is 23.2 Å². The van der Waals surface area contributed by atoms with Gasteiger partial charge in [0.15, 0.2) is 5.76 Å². The summed E-state index contributed by atoms with van der Waals surface area (Å²) in [4.78, 5) is 20.6. The summed E-state index contributed by atoms with van der Waals surface area (Å²) >= 11 is 0. The van der Waals surface area contributed by atoms with E-state index in [1.165, 1.54) is 0 Å². The van der Waals surface area contributed by atoms with Gasteiger partial charge in [0.2, 0.25) is 0 Å². The first-order valence-electron chi connectivity index (χ1n) is 7.54. The first-order valence-corrected chi connectivity index (χ1v) is 7.54. The van der Waals surface area contributed by atoms with Crippen LogP contribution in [0.4, 0.5) is 0 Å². The predicted octanol–water partition coefficient (Wildman–Crippen LogP) is 1.55. The van der Waals surface area contributed by atoms with Crippen molar-refractivity contribution in [2.75, 3.05) is 27.2 Å². The molecule has 118 valence electrons. The van der Waals surface area contributed by atoms with E-state index in [2.05, 4.69) is 30.9 Å². The number of rotatable bonds is 4. The van der Waals surface area contributed by atoms with Crippen molar-refractivity contribution in [1.82, 2.24) is 19.4 Å². The number of likely N-dealkylation sites (tertiary alicyclic amines) is 1. The summed E-state index contributed by atoms with van der Waals surface area (Å²) < 4.78 is 7.62. The Hall–Kier alpha value is -2.08. The molecule has 0 radical (unpaired) electrons. The van der Waals surface area contributed by atoms with Gasteiger partial charge < -0.3 is 18.8 Å². The number of amides is 1. The van der Waals surface area contributed by atoms with Gasteiger partial charge in [-0.1, -0.05) is 6.92 Å². The first kappa shape index (κ1) is 14.8. The van der Waals surface area contributed by atoms with Crippen molar-refractivity contribution < 1.29 is 9.21 Å². The molecule has 1 saturated heterocycles. The molecule has 2 unspecified atom stereocenters. The Labute approximate surface area is 130 Å². The lowest BCUT2D eigenvalue weighted by Crippen LogP contribution is -2.35. The number of likely N-dealkylation sites (N-methyl/N-ethyl adjacent to an activating group) is 1. The molecule has 1 amide bonds. The van der Waals surface area contributed by atoms with Crippen LogP contribution in [0.3, 0.4) is 0 Å². The average Bonchev–Trinajstić information content (AvgIpc) is 3.19. The van der Waals surface area contributed by atoms with Crippen molar-refractivity contribution in [1.29, 1.82) is 0 Å². The van der Waals surface area contributed by atoms with E-state index >= 15 is 0 Å². The van der Waals surface area contributed by atoms with E-state index in [0.717, 1.165) is 18.8 Å². The maximum Gasteiger partial charge on any atom is 0.289 e. The van der Waals surface area contributed by atoms with Gasteiger partial charge in [0.1, 0.15) is 5.76 Å². The molecule has 0 aromatic carbocycles. The van der Waals surface area contributed by atoms with Crippen LogP contribution in [0.5, 0.6) is 0 Å². The van der Waals surface area contributed by atoms with Crippen molar-refractivity contribution in [3.05, 3.63) is 42.4 Å². The lowest BCUT2D eigenvalue weighted by Gasteiger charge is -2.22. The predicted molar refractivity (Wildman–Crippen MR) is 82.6 cm³/mol. The maximum absolute atomic E-state index is 12.6. The minimum atomic E-state index is -0.0203. The van der Waals surface area contributed by atoms with E-state index in [1.807, 2.05) is 21.7 Å². The summed E-state index contributed by atoms with van der Waals surface area (Å²) in [6, 6.07) is 4.03. The second-order valence-electron chi connectivity index (χ2n) is 6.22. The van der Waals surface area contributed by atoms with Gasteiger partial charge >= 0.3 is 0 Å². The summed E-state index contributed by atoms with van der Waals surface area (Å²) in [6.45, 7) is 4.30. The summed E-state index contributed by atoms with van der Waals surface area (Å²) in [7, 11) is 4.12. The summed E-state index contributed by atoms with van der Waals surface area (Å²) in [5.41, 5.74) is 0. The van der Waals surface area contributed by atoms with Crippen LogP contribution < -0.4 is 0 Å². The van der Waals surface area contributed by atoms with Gasteiger partial charge in [-0.2, -0.15) is 0 Å².